The topological polar surface area (TPSA) is 30.0 Å². The van der Waals surface area contributed by atoms with Crippen LogP contribution in [0.1, 0.15) is 12.1 Å². The van der Waals surface area contributed by atoms with Crippen LogP contribution in [0.5, 0.6) is 0 Å². The molecule has 0 aromatic carbocycles. The summed E-state index contributed by atoms with van der Waals surface area (Å²) in [5, 5.41) is 0. The van der Waals surface area contributed by atoms with Gasteiger partial charge in [0.25, 0.3) is 0 Å². The largest absolute Gasteiger partial charge is 0.303 e. The molecule has 0 fully saturated rings. The van der Waals surface area contributed by atoms with Gasteiger partial charge in [0.1, 0.15) is 6.29 Å². The van der Waals surface area contributed by atoms with E-state index in [1.807, 2.05) is 18.2 Å². The van der Waals surface area contributed by atoms with E-state index < -0.39 is 0 Å². The molecule has 1 aromatic rings. The van der Waals surface area contributed by atoms with Crippen LogP contribution in [0.15, 0.2) is 31.0 Å². The van der Waals surface area contributed by atoms with Gasteiger partial charge in [-0.25, -0.2) is 0 Å². The number of rotatable bonds is 3. The molecule has 56 valence electrons. The highest BCUT2D eigenvalue weighted by Gasteiger charge is 1.96. The highest BCUT2D eigenvalue weighted by Crippen LogP contribution is 2.09. The average Bonchev–Trinajstić information content (AvgIpc) is 2.07. The molecule has 0 bridgehead atoms. The normalized spacial score (nSPS) is 9.09. The van der Waals surface area contributed by atoms with Gasteiger partial charge in [0.2, 0.25) is 0 Å². The van der Waals surface area contributed by atoms with Crippen molar-refractivity contribution in [3.05, 3.63) is 36.7 Å². The van der Waals surface area contributed by atoms with Crippen molar-refractivity contribution in [3.8, 4) is 0 Å². The van der Waals surface area contributed by atoms with Gasteiger partial charge >= 0.3 is 0 Å². The van der Waals surface area contributed by atoms with Crippen molar-refractivity contribution in [2.45, 2.75) is 6.42 Å². The molecule has 0 spiro atoms. The fourth-order valence-electron chi connectivity index (χ4n) is 0.777. The number of allylic oxidation sites excluding steroid dienone is 1. The summed E-state index contributed by atoms with van der Waals surface area (Å²) in [5.41, 5.74) is 1.56. The van der Waals surface area contributed by atoms with Gasteiger partial charge in [-0.3, -0.25) is 4.98 Å². The molecule has 0 aliphatic rings. The Morgan fingerprint density at radius 2 is 2.45 bits per heavy atom. The number of nitrogens with zero attached hydrogens (tertiary/aromatic N) is 1. The molecule has 1 heterocycles. The van der Waals surface area contributed by atoms with Gasteiger partial charge in [-0.05, 0) is 17.7 Å². The zero-order valence-electron chi connectivity index (χ0n) is 6.16. The first-order valence-corrected chi connectivity index (χ1v) is 3.37. The Labute approximate surface area is 65.6 Å². The number of carbonyl (C=O) groups excluding carboxylic acids is 1. The highest BCUT2D eigenvalue weighted by atomic mass is 16.1. The molecular weight excluding hydrogens is 138 g/mol. The fraction of sp³-hybridized carbons (Fsp3) is 0.111. The van der Waals surface area contributed by atoms with Crippen molar-refractivity contribution in [1.82, 2.24) is 4.98 Å². The first kappa shape index (κ1) is 7.66. The maximum Gasteiger partial charge on any atom is 0.124 e. The maximum absolute atomic E-state index is 10.1. The number of hydrogen-bond acceptors (Lipinski definition) is 2. The Kier molecular flexibility index (Phi) is 2.55. The molecule has 0 saturated carbocycles. The summed E-state index contributed by atoms with van der Waals surface area (Å²) in [4.78, 5) is 14.1. The fourth-order valence-corrected chi connectivity index (χ4v) is 0.777. The first-order valence-electron chi connectivity index (χ1n) is 3.37. The van der Waals surface area contributed by atoms with E-state index in [1.54, 1.807) is 6.20 Å². The van der Waals surface area contributed by atoms with Gasteiger partial charge in [0.15, 0.2) is 0 Å². The summed E-state index contributed by atoms with van der Waals surface area (Å²) in [6.07, 6.45) is 2.87. The van der Waals surface area contributed by atoms with E-state index in [0.717, 1.165) is 17.6 Å². The zero-order valence-corrected chi connectivity index (χ0v) is 6.16. The van der Waals surface area contributed by atoms with Crippen LogP contribution >= 0.6 is 0 Å². The lowest BCUT2D eigenvalue weighted by atomic mass is 10.1. The van der Waals surface area contributed by atoms with Crippen LogP contribution in [0, 0.1) is 0 Å². The second-order valence-electron chi connectivity index (χ2n) is 2.19. The number of pyridine rings is 1. The van der Waals surface area contributed by atoms with Gasteiger partial charge in [-0.15, -0.1) is 0 Å². The number of aromatic nitrogens is 1. The van der Waals surface area contributed by atoms with Crippen LogP contribution in [-0.2, 0) is 4.79 Å². The monoisotopic (exact) mass is 147 g/mol. The molecule has 1 rings (SSSR count). The summed E-state index contributed by atoms with van der Waals surface area (Å²) in [6, 6.07) is 5.54. The van der Waals surface area contributed by atoms with Gasteiger partial charge in [-0.1, -0.05) is 12.6 Å². The third kappa shape index (κ3) is 2.00. The molecule has 0 radical (unpaired) electrons. The Bertz CT molecular complexity index is 254. The third-order valence-corrected chi connectivity index (χ3v) is 1.36. The Hall–Kier alpha value is -1.44. The quantitative estimate of drug-likeness (QED) is 0.609. The molecule has 0 aliphatic carbocycles. The second-order valence-corrected chi connectivity index (χ2v) is 2.19. The Balaban J connectivity index is 2.77. The van der Waals surface area contributed by atoms with Crippen molar-refractivity contribution < 1.29 is 4.79 Å². The van der Waals surface area contributed by atoms with E-state index in [-0.39, 0.29) is 0 Å². The minimum absolute atomic E-state index is 0.358. The van der Waals surface area contributed by atoms with Crippen molar-refractivity contribution >= 4 is 11.9 Å². The summed E-state index contributed by atoms with van der Waals surface area (Å²) in [5.74, 6) is 0. The molecule has 0 unspecified atom stereocenters. The van der Waals surface area contributed by atoms with Crippen LogP contribution in [0.2, 0.25) is 0 Å². The Morgan fingerprint density at radius 1 is 1.64 bits per heavy atom. The van der Waals surface area contributed by atoms with E-state index in [4.69, 9.17) is 0 Å². The molecular formula is C9H9NO. The Morgan fingerprint density at radius 3 is 3.00 bits per heavy atom. The highest BCUT2D eigenvalue weighted by molar-refractivity contribution is 5.73. The van der Waals surface area contributed by atoms with E-state index in [0.29, 0.717) is 6.42 Å². The number of hydrogen-bond donors (Lipinski definition) is 0. The lowest BCUT2D eigenvalue weighted by Gasteiger charge is -1.97. The summed E-state index contributed by atoms with van der Waals surface area (Å²) in [7, 11) is 0. The van der Waals surface area contributed by atoms with Crippen molar-refractivity contribution in [2.75, 3.05) is 0 Å². The molecule has 2 nitrogen and oxygen atoms in total. The minimum Gasteiger partial charge on any atom is -0.303 e. The van der Waals surface area contributed by atoms with Gasteiger partial charge < -0.3 is 4.79 Å². The minimum atomic E-state index is 0.358. The van der Waals surface area contributed by atoms with Crippen LogP contribution in [0.3, 0.4) is 0 Å². The summed E-state index contributed by atoms with van der Waals surface area (Å²) >= 11 is 0. The van der Waals surface area contributed by atoms with Crippen molar-refractivity contribution in [2.24, 2.45) is 0 Å². The van der Waals surface area contributed by atoms with Crippen molar-refractivity contribution in [3.63, 3.8) is 0 Å². The van der Waals surface area contributed by atoms with Crippen LogP contribution in [-0.4, -0.2) is 11.3 Å². The van der Waals surface area contributed by atoms with E-state index >= 15 is 0 Å². The molecule has 0 saturated heterocycles. The van der Waals surface area contributed by atoms with E-state index in [9.17, 15) is 4.79 Å². The van der Waals surface area contributed by atoms with E-state index in [1.165, 1.54) is 0 Å². The maximum atomic E-state index is 10.1. The average molecular weight is 147 g/mol. The number of aldehydes is 1. The predicted octanol–water partition coefficient (Wildman–Crippen LogP) is 1.68. The van der Waals surface area contributed by atoms with Gasteiger partial charge in [-0.2, -0.15) is 0 Å². The van der Waals surface area contributed by atoms with Crippen molar-refractivity contribution in [1.29, 1.82) is 0 Å². The predicted molar refractivity (Wildman–Crippen MR) is 44.0 cm³/mol. The lowest BCUT2D eigenvalue weighted by Crippen LogP contribution is -1.86. The second kappa shape index (κ2) is 3.66. The first-order chi connectivity index (χ1) is 5.34. The zero-order chi connectivity index (χ0) is 8.10. The lowest BCUT2D eigenvalue weighted by molar-refractivity contribution is -0.107. The van der Waals surface area contributed by atoms with E-state index in [2.05, 4.69) is 11.6 Å². The molecule has 0 atom stereocenters. The molecule has 0 aliphatic heterocycles. The molecule has 2 heteroatoms. The SMILES string of the molecule is C=C(CC=O)c1ccccn1. The molecule has 0 N–H and O–H groups in total. The molecule has 11 heavy (non-hydrogen) atoms. The van der Waals surface area contributed by atoms with Crippen LogP contribution in [0.25, 0.3) is 5.57 Å². The molecule has 0 amide bonds. The summed E-state index contributed by atoms with van der Waals surface area (Å²) in [6.45, 7) is 3.72. The number of carbonyl (C=O) groups is 1. The summed E-state index contributed by atoms with van der Waals surface area (Å²) < 4.78 is 0. The van der Waals surface area contributed by atoms with Gasteiger partial charge in [0, 0.05) is 12.6 Å². The standard InChI is InChI=1S/C9H9NO/c1-8(5-7-11)9-4-2-3-6-10-9/h2-4,6-7H,1,5H2. The van der Waals surface area contributed by atoms with Gasteiger partial charge in [0.05, 0.1) is 5.69 Å². The third-order valence-electron chi connectivity index (χ3n) is 1.36. The van der Waals surface area contributed by atoms with Crippen LogP contribution in [0.4, 0.5) is 0 Å². The molecule has 1 aromatic heterocycles. The smallest absolute Gasteiger partial charge is 0.124 e. The van der Waals surface area contributed by atoms with Crippen LogP contribution < -0.4 is 0 Å².